The maximum Gasteiger partial charge on any atom is 0.417 e. The second kappa shape index (κ2) is 3.57. The first-order chi connectivity index (χ1) is 6.64. The lowest BCUT2D eigenvalue weighted by Crippen LogP contribution is -2.26. The van der Waals surface area contributed by atoms with E-state index in [9.17, 15) is 26.3 Å². The topological polar surface area (TPSA) is 0 Å². The normalized spacial score (nSPS) is 19.3. The van der Waals surface area contributed by atoms with Gasteiger partial charge in [0.25, 0.3) is 0 Å². The van der Waals surface area contributed by atoms with Crippen molar-refractivity contribution in [2.75, 3.05) is 0 Å². The summed E-state index contributed by atoms with van der Waals surface area (Å²) in [5, 5.41) is 0. The fraction of sp³-hybridized carbons (Fsp3) is 0.444. The van der Waals surface area contributed by atoms with E-state index in [1.165, 1.54) is 6.08 Å². The molecule has 6 heteroatoms. The minimum atomic E-state index is -5.06. The maximum atomic E-state index is 12.3. The van der Waals surface area contributed by atoms with Gasteiger partial charge in [-0.2, -0.15) is 26.3 Å². The van der Waals surface area contributed by atoms with Crippen molar-refractivity contribution in [1.82, 2.24) is 0 Å². The van der Waals surface area contributed by atoms with Crippen molar-refractivity contribution in [1.29, 1.82) is 0 Å². The Kier molecular flexibility index (Phi) is 2.89. The molecular formula is C9H5F6. The van der Waals surface area contributed by atoms with Crippen LogP contribution in [-0.4, -0.2) is 12.4 Å². The molecule has 15 heavy (non-hydrogen) atoms. The van der Waals surface area contributed by atoms with Crippen LogP contribution < -0.4 is 0 Å². The summed E-state index contributed by atoms with van der Waals surface area (Å²) in [6.07, 6.45) is -6.81. The van der Waals surface area contributed by atoms with Gasteiger partial charge in [0.15, 0.2) is 0 Å². The van der Waals surface area contributed by atoms with Crippen LogP contribution in [0.4, 0.5) is 26.3 Å². The largest absolute Gasteiger partial charge is 0.417 e. The average molecular weight is 227 g/mol. The van der Waals surface area contributed by atoms with Crippen LogP contribution in [0, 0.1) is 12.5 Å². The fourth-order valence-electron chi connectivity index (χ4n) is 1.23. The smallest absolute Gasteiger partial charge is 0.166 e. The highest BCUT2D eigenvalue weighted by atomic mass is 19.4. The standard InChI is InChI=1S/C9H5F6/c1-5-3-2-4-6(8(10,11)12)7(5)9(13,14)15/h3H2,1H3. The van der Waals surface area contributed by atoms with E-state index >= 15 is 0 Å². The highest BCUT2D eigenvalue weighted by Gasteiger charge is 2.48. The molecule has 83 valence electrons. The van der Waals surface area contributed by atoms with Crippen molar-refractivity contribution in [3.63, 3.8) is 0 Å². The molecule has 1 rings (SSSR count). The molecule has 0 aromatic rings. The minimum absolute atomic E-state index is 0.283. The molecule has 0 aromatic carbocycles. The lowest BCUT2D eigenvalue weighted by Gasteiger charge is -2.23. The van der Waals surface area contributed by atoms with Crippen molar-refractivity contribution >= 4 is 0 Å². The Hall–Kier alpha value is -0.940. The zero-order valence-corrected chi connectivity index (χ0v) is 7.47. The summed E-state index contributed by atoms with van der Waals surface area (Å²) in [6, 6.07) is 0. The molecule has 0 saturated heterocycles. The van der Waals surface area contributed by atoms with E-state index in [4.69, 9.17) is 0 Å². The predicted molar refractivity (Wildman–Crippen MR) is 39.4 cm³/mol. The van der Waals surface area contributed by atoms with Gasteiger partial charge in [-0.3, -0.25) is 0 Å². The Labute approximate surface area is 82.3 Å². The summed E-state index contributed by atoms with van der Waals surface area (Å²) in [7, 11) is 0. The zero-order chi connectivity index (χ0) is 11.9. The Bertz CT molecular complexity index is 314. The van der Waals surface area contributed by atoms with E-state index in [0.29, 0.717) is 0 Å². The molecule has 0 amide bonds. The van der Waals surface area contributed by atoms with Crippen molar-refractivity contribution in [3.05, 3.63) is 29.2 Å². The van der Waals surface area contributed by atoms with Crippen LogP contribution in [0.2, 0.25) is 0 Å². The monoisotopic (exact) mass is 227 g/mol. The van der Waals surface area contributed by atoms with Crippen LogP contribution in [0.15, 0.2) is 16.7 Å². The summed E-state index contributed by atoms with van der Waals surface area (Å²) in [4.78, 5) is 0. The summed E-state index contributed by atoms with van der Waals surface area (Å²) in [6.45, 7) is 1.00. The van der Waals surface area contributed by atoms with Gasteiger partial charge in [0.2, 0.25) is 0 Å². The molecule has 0 fully saturated rings. The number of halogens is 6. The molecule has 0 aliphatic heterocycles. The van der Waals surface area contributed by atoms with Gasteiger partial charge >= 0.3 is 12.4 Å². The molecule has 0 saturated carbocycles. The van der Waals surface area contributed by atoms with Gasteiger partial charge in [0.05, 0.1) is 11.1 Å². The first-order valence-electron chi connectivity index (χ1n) is 3.84. The van der Waals surface area contributed by atoms with Crippen molar-refractivity contribution in [2.24, 2.45) is 0 Å². The van der Waals surface area contributed by atoms with Gasteiger partial charge in [-0.05, 0) is 19.4 Å². The van der Waals surface area contributed by atoms with Crippen LogP contribution in [0.5, 0.6) is 0 Å². The Balaban J connectivity index is 3.24. The van der Waals surface area contributed by atoms with E-state index in [1.54, 1.807) is 0 Å². The van der Waals surface area contributed by atoms with Crippen LogP contribution >= 0.6 is 0 Å². The van der Waals surface area contributed by atoms with Crippen molar-refractivity contribution in [2.45, 2.75) is 25.7 Å². The fourth-order valence-corrected chi connectivity index (χ4v) is 1.23. The van der Waals surface area contributed by atoms with Crippen molar-refractivity contribution in [3.8, 4) is 0 Å². The molecule has 0 heterocycles. The molecular weight excluding hydrogens is 222 g/mol. The van der Waals surface area contributed by atoms with E-state index in [1.807, 2.05) is 6.42 Å². The highest BCUT2D eigenvalue weighted by Crippen LogP contribution is 2.44. The Morgan fingerprint density at radius 1 is 1.00 bits per heavy atom. The van der Waals surface area contributed by atoms with Gasteiger partial charge < -0.3 is 0 Å². The molecule has 1 aliphatic rings. The molecule has 0 N–H and O–H groups in total. The third kappa shape index (κ3) is 2.54. The summed E-state index contributed by atoms with van der Waals surface area (Å²) >= 11 is 0. The van der Waals surface area contributed by atoms with E-state index < -0.39 is 29.1 Å². The summed E-state index contributed by atoms with van der Waals surface area (Å²) in [5.74, 6) is 0. The highest BCUT2D eigenvalue weighted by molar-refractivity contribution is 5.44. The van der Waals surface area contributed by atoms with Gasteiger partial charge in [0.1, 0.15) is 0 Å². The molecule has 0 bridgehead atoms. The molecule has 0 atom stereocenters. The third-order valence-electron chi connectivity index (χ3n) is 1.81. The number of hydrogen-bond acceptors (Lipinski definition) is 0. The van der Waals surface area contributed by atoms with Gasteiger partial charge in [-0.15, -0.1) is 0 Å². The number of alkyl halides is 6. The van der Waals surface area contributed by atoms with E-state index in [-0.39, 0.29) is 6.42 Å². The number of rotatable bonds is 0. The lowest BCUT2D eigenvalue weighted by atomic mass is 9.91. The third-order valence-corrected chi connectivity index (χ3v) is 1.81. The predicted octanol–water partition coefficient (Wildman–Crippen LogP) is 3.64. The van der Waals surface area contributed by atoms with Crippen molar-refractivity contribution < 1.29 is 26.3 Å². The van der Waals surface area contributed by atoms with Gasteiger partial charge in [0, 0.05) is 6.42 Å². The molecule has 0 nitrogen and oxygen atoms in total. The Morgan fingerprint density at radius 3 is 1.87 bits per heavy atom. The molecule has 0 aromatic heterocycles. The van der Waals surface area contributed by atoms with E-state index in [2.05, 4.69) is 0 Å². The van der Waals surface area contributed by atoms with E-state index in [0.717, 1.165) is 6.92 Å². The number of hydrogen-bond donors (Lipinski definition) is 0. The second-order valence-electron chi connectivity index (χ2n) is 3.00. The lowest BCUT2D eigenvalue weighted by molar-refractivity contribution is -0.119. The first kappa shape index (κ1) is 12.1. The molecule has 0 unspecified atom stereocenters. The Morgan fingerprint density at radius 2 is 1.53 bits per heavy atom. The molecule has 3 radical (unpaired) electrons. The van der Waals surface area contributed by atoms with Gasteiger partial charge in [-0.25, -0.2) is 0 Å². The summed E-state index contributed by atoms with van der Waals surface area (Å²) < 4.78 is 73.6. The molecule has 1 aliphatic carbocycles. The zero-order valence-electron chi connectivity index (χ0n) is 7.47. The maximum absolute atomic E-state index is 12.3. The second-order valence-corrected chi connectivity index (χ2v) is 3.00. The minimum Gasteiger partial charge on any atom is -0.166 e. The quantitative estimate of drug-likeness (QED) is 0.554. The van der Waals surface area contributed by atoms with Gasteiger partial charge in [-0.1, -0.05) is 5.57 Å². The van der Waals surface area contributed by atoms with Crippen LogP contribution in [0.25, 0.3) is 0 Å². The first-order valence-corrected chi connectivity index (χ1v) is 3.84. The molecule has 0 spiro atoms. The van der Waals surface area contributed by atoms with Crippen LogP contribution in [0.1, 0.15) is 13.3 Å². The van der Waals surface area contributed by atoms with Crippen LogP contribution in [-0.2, 0) is 0 Å². The number of allylic oxidation sites excluding steroid dienone is 4. The average Bonchev–Trinajstić information content (AvgIpc) is 1.99. The van der Waals surface area contributed by atoms with Crippen LogP contribution in [0.3, 0.4) is 0 Å². The SMILES string of the molecule is CC1=C(C(F)(F)F)C(C(F)(F)F)=[C][C]C1. The summed E-state index contributed by atoms with van der Waals surface area (Å²) in [5.41, 5.74) is -3.83.